The highest BCUT2D eigenvalue weighted by Gasteiger charge is 2.24. The molecule has 0 amide bonds. The first-order chi connectivity index (χ1) is 34.2. The van der Waals surface area contributed by atoms with Crippen molar-refractivity contribution in [2.24, 2.45) is 0 Å². The molecule has 0 fully saturated rings. The molecule has 0 spiro atoms. The number of nitrogens with zero attached hydrogens (tertiary/aromatic N) is 3. The molecule has 3 nitrogen and oxygen atoms in total. The standard InChI is InChI=1S/C66H49N3/c1-6-20-46(21-7-1)59-44-53(36-38-55(59)48-34-40-65-61(42-48)57-30-16-18-32-63(57)68(65)51-26-12-4-13-27-51)67(50-24-10-3-11-25-50)54-37-39-56(60(45-54)47-22-8-2-9-23-47)49-35-41-66-62(43-49)58-31-17-19-33-64(58)69(66)52-28-14-5-15-29-52/h1-10,12-22,24,26-45,47H,11,23,25H2. The van der Waals surface area contributed by atoms with Gasteiger partial charge in [-0.3, -0.25) is 0 Å². The van der Waals surface area contributed by atoms with Crippen molar-refractivity contribution in [3.63, 3.8) is 0 Å². The number of hydrogen-bond acceptors (Lipinski definition) is 1. The van der Waals surface area contributed by atoms with Gasteiger partial charge in [-0.2, -0.15) is 0 Å². The van der Waals surface area contributed by atoms with Crippen LogP contribution < -0.4 is 4.90 Å². The molecule has 1 atom stereocenters. The van der Waals surface area contributed by atoms with Crippen molar-refractivity contribution in [2.75, 3.05) is 4.90 Å². The van der Waals surface area contributed by atoms with Crippen molar-refractivity contribution < 1.29 is 0 Å². The second kappa shape index (κ2) is 17.2. The monoisotopic (exact) mass is 883 g/mol. The topological polar surface area (TPSA) is 13.1 Å². The summed E-state index contributed by atoms with van der Waals surface area (Å²) in [5.41, 5.74) is 19.4. The van der Waals surface area contributed by atoms with Crippen LogP contribution in [0.3, 0.4) is 0 Å². The van der Waals surface area contributed by atoms with Crippen molar-refractivity contribution >= 4 is 55.0 Å². The molecule has 9 aromatic carbocycles. The lowest BCUT2D eigenvalue weighted by Gasteiger charge is -2.31. The Bertz CT molecular complexity index is 3860. The van der Waals surface area contributed by atoms with Gasteiger partial charge >= 0.3 is 0 Å². The third-order valence-corrected chi connectivity index (χ3v) is 14.3. The van der Waals surface area contributed by atoms with Crippen molar-refractivity contribution in [1.29, 1.82) is 0 Å². The Balaban J connectivity index is 0.968. The largest absolute Gasteiger partial charge is 0.314 e. The van der Waals surface area contributed by atoms with E-state index in [0.717, 1.165) is 30.6 Å². The third kappa shape index (κ3) is 7.14. The molecule has 2 heterocycles. The van der Waals surface area contributed by atoms with Crippen LogP contribution in [0.15, 0.2) is 261 Å². The Morgan fingerprint density at radius 3 is 1.54 bits per heavy atom. The summed E-state index contributed by atoms with van der Waals surface area (Å²) in [6.07, 6.45) is 18.8. The molecule has 0 radical (unpaired) electrons. The maximum Gasteiger partial charge on any atom is 0.0541 e. The Hall–Kier alpha value is -8.66. The minimum absolute atomic E-state index is 0.235. The molecule has 0 aliphatic heterocycles. The van der Waals surface area contributed by atoms with Gasteiger partial charge in [0.1, 0.15) is 0 Å². The molecule has 1 unspecified atom stereocenters. The molecule has 0 bridgehead atoms. The summed E-state index contributed by atoms with van der Waals surface area (Å²) in [6.45, 7) is 0. The highest BCUT2D eigenvalue weighted by atomic mass is 15.1. The summed E-state index contributed by atoms with van der Waals surface area (Å²) in [5.74, 6) is 0.235. The number of fused-ring (bicyclic) bond motifs is 6. The Kier molecular flexibility index (Phi) is 10.1. The number of allylic oxidation sites excluding steroid dienone is 8. The van der Waals surface area contributed by atoms with Crippen LogP contribution in [0.1, 0.15) is 30.7 Å². The zero-order valence-electron chi connectivity index (χ0n) is 38.3. The molecule has 0 saturated carbocycles. The van der Waals surface area contributed by atoms with Crippen molar-refractivity contribution in [2.45, 2.75) is 25.2 Å². The molecule has 0 saturated heterocycles. The molecular weight excluding hydrogens is 835 g/mol. The zero-order chi connectivity index (χ0) is 45.7. The van der Waals surface area contributed by atoms with Gasteiger partial charge in [-0.25, -0.2) is 0 Å². The van der Waals surface area contributed by atoms with Crippen LogP contribution in [0.25, 0.3) is 88.4 Å². The van der Waals surface area contributed by atoms with E-state index in [-0.39, 0.29) is 5.92 Å². The van der Waals surface area contributed by atoms with Crippen LogP contribution >= 0.6 is 0 Å². The van der Waals surface area contributed by atoms with E-state index < -0.39 is 0 Å². The predicted octanol–water partition coefficient (Wildman–Crippen LogP) is 17.9. The van der Waals surface area contributed by atoms with E-state index in [1.165, 1.54) is 99.6 Å². The third-order valence-electron chi connectivity index (χ3n) is 14.3. The normalized spacial score (nSPS) is 14.6. The van der Waals surface area contributed by atoms with Gasteiger partial charge in [-0.05, 0) is 149 Å². The minimum Gasteiger partial charge on any atom is -0.314 e. The van der Waals surface area contributed by atoms with Crippen molar-refractivity contribution in [3.05, 3.63) is 266 Å². The van der Waals surface area contributed by atoms with Crippen LogP contribution in [0.5, 0.6) is 0 Å². The first-order valence-electron chi connectivity index (χ1n) is 24.3. The van der Waals surface area contributed by atoms with Crippen LogP contribution in [-0.4, -0.2) is 9.13 Å². The highest BCUT2D eigenvalue weighted by molar-refractivity contribution is 6.12. The lowest BCUT2D eigenvalue weighted by molar-refractivity contribution is 0.853. The molecule has 0 N–H and O–H groups in total. The van der Waals surface area contributed by atoms with E-state index in [9.17, 15) is 0 Å². The number of hydrogen-bond donors (Lipinski definition) is 0. The second-order valence-corrected chi connectivity index (χ2v) is 18.3. The summed E-state index contributed by atoms with van der Waals surface area (Å²) >= 11 is 0. The molecular formula is C66H49N3. The van der Waals surface area contributed by atoms with Gasteiger partial charge in [0.15, 0.2) is 0 Å². The fraction of sp³-hybridized carbons (Fsp3) is 0.0606. The molecule has 3 heteroatoms. The van der Waals surface area contributed by atoms with Crippen LogP contribution in [0, 0.1) is 0 Å². The van der Waals surface area contributed by atoms with E-state index in [4.69, 9.17) is 0 Å². The van der Waals surface area contributed by atoms with E-state index in [1.807, 2.05) is 0 Å². The number of benzene rings is 9. The molecule has 2 aliphatic rings. The summed E-state index contributed by atoms with van der Waals surface area (Å²) in [4.78, 5) is 2.52. The van der Waals surface area contributed by atoms with Gasteiger partial charge in [0.25, 0.3) is 0 Å². The van der Waals surface area contributed by atoms with Crippen molar-refractivity contribution in [3.8, 4) is 44.8 Å². The maximum atomic E-state index is 2.52. The van der Waals surface area contributed by atoms with Gasteiger partial charge < -0.3 is 14.0 Å². The van der Waals surface area contributed by atoms with Gasteiger partial charge in [-0.15, -0.1) is 0 Å². The highest BCUT2D eigenvalue weighted by Crippen LogP contribution is 2.45. The van der Waals surface area contributed by atoms with E-state index in [2.05, 4.69) is 269 Å². The molecule has 328 valence electrons. The minimum atomic E-state index is 0.235. The van der Waals surface area contributed by atoms with Gasteiger partial charge in [0.2, 0.25) is 0 Å². The van der Waals surface area contributed by atoms with Crippen LogP contribution in [-0.2, 0) is 0 Å². The van der Waals surface area contributed by atoms with E-state index >= 15 is 0 Å². The first kappa shape index (κ1) is 40.6. The Morgan fingerprint density at radius 2 is 0.942 bits per heavy atom. The van der Waals surface area contributed by atoms with E-state index in [0.29, 0.717) is 0 Å². The molecule has 13 rings (SSSR count). The zero-order valence-corrected chi connectivity index (χ0v) is 38.3. The lowest BCUT2D eigenvalue weighted by atomic mass is 9.85. The van der Waals surface area contributed by atoms with Gasteiger partial charge in [-0.1, -0.05) is 164 Å². The quantitative estimate of drug-likeness (QED) is 0.141. The first-order valence-corrected chi connectivity index (χ1v) is 24.3. The van der Waals surface area contributed by atoms with E-state index in [1.54, 1.807) is 0 Å². The van der Waals surface area contributed by atoms with Gasteiger partial charge in [0.05, 0.1) is 22.1 Å². The molecule has 2 aromatic heterocycles. The number of aromatic nitrogens is 2. The Labute approximate surface area is 403 Å². The number of rotatable bonds is 9. The summed E-state index contributed by atoms with van der Waals surface area (Å²) in [6, 6.07) is 78.4. The van der Waals surface area contributed by atoms with Crippen LogP contribution in [0.2, 0.25) is 0 Å². The van der Waals surface area contributed by atoms with Crippen molar-refractivity contribution in [1.82, 2.24) is 9.13 Å². The fourth-order valence-corrected chi connectivity index (χ4v) is 11.1. The second-order valence-electron chi connectivity index (χ2n) is 18.3. The smallest absolute Gasteiger partial charge is 0.0541 e. The average Bonchev–Trinajstić information content (AvgIpc) is 3.94. The SMILES string of the molecule is C1=CCCC(N(c2ccc(-c3ccc4c(c3)c3ccccc3n4-c3ccccc3)c(-c3ccccc3)c2)c2ccc(-c3ccc4c(c3)c3ccccc3n4-c3ccccc3)c(C3C=CC=CC3)c2)=C1. The summed E-state index contributed by atoms with van der Waals surface area (Å²) in [5, 5.41) is 5.02. The molecule has 2 aliphatic carbocycles. The lowest BCUT2D eigenvalue weighted by Crippen LogP contribution is -2.18. The predicted molar refractivity (Wildman–Crippen MR) is 292 cm³/mol. The summed E-state index contributed by atoms with van der Waals surface area (Å²) < 4.78 is 4.79. The average molecular weight is 884 g/mol. The number of para-hydroxylation sites is 4. The fourth-order valence-electron chi connectivity index (χ4n) is 11.1. The number of anilines is 2. The van der Waals surface area contributed by atoms with Crippen LogP contribution in [0.4, 0.5) is 11.4 Å². The Morgan fingerprint density at radius 1 is 0.391 bits per heavy atom. The molecule has 69 heavy (non-hydrogen) atoms. The summed E-state index contributed by atoms with van der Waals surface area (Å²) in [7, 11) is 0. The maximum absolute atomic E-state index is 2.52. The molecule has 11 aromatic rings. The van der Waals surface area contributed by atoms with Gasteiger partial charge in [0, 0.05) is 55.9 Å².